The van der Waals surface area contributed by atoms with Gasteiger partial charge in [0, 0.05) is 18.9 Å². The molecular weight excluding hydrogens is 270 g/mol. The lowest BCUT2D eigenvalue weighted by atomic mass is 10.1. The van der Waals surface area contributed by atoms with Crippen LogP contribution in [-0.4, -0.2) is 34.3 Å². The summed E-state index contributed by atoms with van der Waals surface area (Å²) in [6.07, 6.45) is 3.26. The molecule has 1 saturated heterocycles. The van der Waals surface area contributed by atoms with E-state index < -0.39 is 0 Å². The lowest BCUT2D eigenvalue weighted by Gasteiger charge is -2.23. The van der Waals surface area contributed by atoms with Gasteiger partial charge in [-0.15, -0.1) is 0 Å². The number of nitrogens with zero attached hydrogens (tertiary/aromatic N) is 3. The molecule has 0 spiro atoms. The predicted octanol–water partition coefficient (Wildman–Crippen LogP) is 1.26. The molecule has 4 N–H and O–H groups in total. The summed E-state index contributed by atoms with van der Waals surface area (Å²) in [5, 5.41) is 0. The SMILES string of the molecule is Nc1cc(-c2ccc(OC3CCOCC3)c(N)n2)ncn1. The molecule has 0 aliphatic carbocycles. The molecular formula is C14H17N5O2. The number of anilines is 2. The van der Waals surface area contributed by atoms with Crippen molar-refractivity contribution in [3.63, 3.8) is 0 Å². The van der Waals surface area contributed by atoms with Gasteiger partial charge in [-0.25, -0.2) is 15.0 Å². The van der Waals surface area contributed by atoms with E-state index in [4.69, 9.17) is 20.9 Å². The Morgan fingerprint density at radius 3 is 2.62 bits per heavy atom. The highest BCUT2D eigenvalue weighted by molar-refractivity contribution is 5.62. The van der Waals surface area contributed by atoms with Gasteiger partial charge in [0.05, 0.1) is 24.6 Å². The third-order valence-corrected chi connectivity index (χ3v) is 3.30. The smallest absolute Gasteiger partial charge is 0.166 e. The largest absolute Gasteiger partial charge is 0.486 e. The highest BCUT2D eigenvalue weighted by atomic mass is 16.5. The summed E-state index contributed by atoms with van der Waals surface area (Å²) in [6.45, 7) is 1.44. The minimum Gasteiger partial charge on any atom is -0.486 e. The minimum absolute atomic E-state index is 0.128. The van der Waals surface area contributed by atoms with Gasteiger partial charge in [0.15, 0.2) is 11.6 Å². The van der Waals surface area contributed by atoms with Gasteiger partial charge in [-0.1, -0.05) is 0 Å². The fraction of sp³-hybridized carbons (Fsp3) is 0.357. The van der Waals surface area contributed by atoms with Gasteiger partial charge < -0.3 is 20.9 Å². The van der Waals surface area contributed by atoms with Crippen LogP contribution in [0, 0.1) is 0 Å². The number of hydrogen-bond acceptors (Lipinski definition) is 7. The Morgan fingerprint density at radius 2 is 1.90 bits per heavy atom. The molecule has 0 saturated carbocycles. The van der Waals surface area contributed by atoms with Gasteiger partial charge in [-0.3, -0.25) is 0 Å². The Hall–Kier alpha value is -2.41. The summed E-state index contributed by atoms with van der Waals surface area (Å²) in [5.74, 6) is 1.33. The maximum Gasteiger partial charge on any atom is 0.166 e. The van der Waals surface area contributed by atoms with Crippen molar-refractivity contribution in [2.75, 3.05) is 24.7 Å². The molecule has 0 radical (unpaired) electrons. The van der Waals surface area contributed by atoms with Crippen LogP contribution in [0.25, 0.3) is 11.4 Å². The molecule has 0 unspecified atom stereocenters. The summed E-state index contributed by atoms with van der Waals surface area (Å²) < 4.78 is 11.2. The van der Waals surface area contributed by atoms with Crippen LogP contribution in [0.1, 0.15) is 12.8 Å². The number of rotatable bonds is 3. The zero-order chi connectivity index (χ0) is 14.7. The fourth-order valence-corrected chi connectivity index (χ4v) is 2.19. The summed E-state index contributed by atoms with van der Waals surface area (Å²) in [6, 6.07) is 5.28. The first-order valence-electron chi connectivity index (χ1n) is 6.81. The second-order valence-electron chi connectivity index (χ2n) is 4.84. The van der Waals surface area contributed by atoms with E-state index in [9.17, 15) is 0 Å². The van der Waals surface area contributed by atoms with E-state index in [1.54, 1.807) is 6.07 Å². The highest BCUT2D eigenvalue weighted by Gasteiger charge is 2.17. The van der Waals surface area contributed by atoms with E-state index >= 15 is 0 Å². The summed E-state index contributed by atoms with van der Waals surface area (Å²) in [5.41, 5.74) is 12.9. The van der Waals surface area contributed by atoms with E-state index in [-0.39, 0.29) is 6.10 Å². The Balaban J connectivity index is 1.79. The van der Waals surface area contributed by atoms with Gasteiger partial charge in [0.25, 0.3) is 0 Å². The Morgan fingerprint density at radius 1 is 1.10 bits per heavy atom. The maximum atomic E-state index is 5.97. The van der Waals surface area contributed by atoms with Crippen molar-refractivity contribution in [3.05, 3.63) is 24.5 Å². The first-order chi connectivity index (χ1) is 10.2. The summed E-state index contributed by atoms with van der Waals surface area (Å²) in [4.78, 5) is 12.3. The second kappa shape index (κ2) is 5.92. The second-order valence-corrected chi connectivity index (χ2v) is 4.84. The lowest BCUT2D eigenvalue weighted by Crippen LogP contribution is -2.26. The molecule has 1 fully saturated rings. The van der Waals surface area contributed by atoms with E-state index in [0.717, 1.165) is 26.1 Å². The molecule has 2 aromatic heterocycles. The van der Waals surface area contributed by atoms with Crippen molar-refractivity contribution in [1.29, 1.82) is 0 Å². The molecule has 7 heteroatoms. The van der Waals surface area contributed by atoms with Gasteiger partial charge in [0.2, 0.25) is 0 Å². The maximum absolute atomic E-state index is 5.97. The number of aromatic nitrogens is 3. The molecule has 110 valence electrons. The van der Waals surface area contributed by atoms with E-state index in [1.807, 2.05) is 12.1 Å². The average molecular weight is 287 g/mol. The summed E-state index contributed by atoms with van der Waals surface area (Å²) in [7, 11) is 0. The number of ether oxygens (including phenoxy) is 2. The predicted molar refractivity (Wildman–Crippen MR) is 78.6 cm³/mol. The quantitative estimate of drug-likeness (QED) is 0.874. The molecule has 1 aliphatic heterocycles. The third kappa shape index (κ3) is 3.19. The molecule has 2 aromatic rings. The van der Waals surface area contributed by atoms with Crippen LogP contribution in [-0.2, 0) is 4.74 Å². The Bertz CT molecular complexity index is 629. The van der Waals surface area contributed by atoms with Crippen LogP contribution in [0.15, 0.2) is 24.5 Å². The van der Waals surface area contributed by atoms with E-state index in [0.29, 0.717) is 28.8 Å². The van der Waals surface area contributed by atoms with Crippen molar-refractivity contribution in [2.24, 2.45) is 0 Å². The topological polar surface area (TPSA) is 109 Å². The van der Waals surface area contributed by atoms with Crippen molar-refractivity contribution < 1.29 is 9.47 Å². The molecule has 3 heterocycles. The van der Waals surface area contributed by atoms with Crippen molar-refractivity contribution in [1.82, 2.24) is 15.0 Å². The molecule has 1 aliphatic rings. The molecule has 21 heavy (non-hydrogen) atoms. The van der Waals surface area contributed by atoms with Gasteiger partial charge in [-0.05, 0) is 12.1 Å². The first-order valence-corrected chi connectivity index (χ1v) is 6.81. The van der Waals surface area contributed by atoms with Crippen LogP contribution < -0.4 is 16.2 Å². The number of hydrogen-bond donors (Lipinski definition) is 2. The van der Waals surface area contributed by atoms with Crippen LogP contribution in [0.5, 0.6) is 5.75 Å². The fourth-order valence-electron chi connectivity index (χ4n) is 2.19. The van der Waals surface area contributed by atoms with Crippen LogP contribution in [0.2, 0.25) is 0 Å². The molecule has 0 amide bonds. The molecule has 0 atom stereocenters. The highest BCUT2D eigenvalue weighted by Crippen LogP contribution is 2.26. The monoisotopic (exact) mass is 287 g/mol. The van der Waals surface area contributed by atoms with Crippen LogP contribution in [0.3, 0.4) is 0 Å². The van der Waals surface area contributed by atoms with Crippen molar-refractivity contribution in [2.45, 2.75) is 18.9 Å². The Labute approximate surface area is 122 Å². The molecule has 7 nitrogen and oxygen atoms in total. The van der Waals surface area contributed by atoms with Crippen molar-refractivity contribution in [3.8, 4) is 17.1 Å². The van der Waals surface area contributed by atoms with E-state index in [2.05, 4.69) is 15.0 Å². The first kappa shape index (κ1) is 13.6. The number of pyridine rings is 1. The number of nitrogens with two attached hydrogens (primary N) is 2. The molecule has 3 rings (SSSR count). The van der Waals surface area contributed by atoms with Gasteiger partial charge in [-0.2, -0.15) is 0 Å². The Kier molecular flexibility index (Phi) is 3.83. The average Bonchev–Trinajstić information content (AvgIpc) is 2.50. The van der Waals surface area contributed by atoms with Crippen LogP contribution in [0.4, 0.5) is 11.6 Å². The minimum atomic E-state index is 0.128. The van der Waals surface area contributed by atoms with Gasteiger partial charge in [0.1, 0.15) is 18.2 Å². The summed E-state index contributed by atoms with van der Waals surface area (Å²) >= 11 is 0. The number of nitrogen functional groups attached to an aromatic ring is 2. The zero-order valence-electron chi connectivity index (χ0n) is 11.5. The molecule has 0 bridgehead atoms. The standard InChI is InChI=1S/C14H17N5O2/c15-13-7-11(17-8-18-13)10-1-2-12(14(16)19-10)21-9-3-5-20-6-4-9/h1-2,7-9H,3-6H2,(H2,16,19)(H2,15,17,18). The van der Waals surface area contributed by atoms with E-state index in [1.165, 1.54) is 6.33 Å². The van der Waals surface area contributed by atoms with Crippen LogP contribution >= 0.6 is 0 Å². The van der Waals surface area contributed by atoms with Crippen molar-refractivity contribution >= 4 is 11.6 Å². The normalized spacial score (nSPS) is 15.8. The third-order valence-electron chi connectivity index (χ3n) is 3.30. The van der Waals surface area contributed by atoms with Gasteiger partial charge >= 0.3 is 0 Å². The zero-order valence-corrected chi connectivity index (χ0v) is 11.5. The molecule has 0 aromatic carbocycles. The lowest BCUT2D eigenvalue weighted by molar-refractivity contribution is 0.0257.